The summed E-state index contributed by atoms with van der Waals surface area (Å²) >= 11 is 5.03. The van der Waals surface area contributed by atoms with Crippen LogP contribution >= 0.6 is 27.3 Å². The van der Waals surface area contributed by atoms with Crippen LogP contribution in [0.15, 0.2) is 16.0 Å². The van der Waals surface area contributed by atoms with Crippen molar-refractivity contribution in [2.75, 3.05) is 0 Å². The van der Waals surface area contributed by atoms with Crippen molar-refractivity contribution in [2.24, 2.45) is 7.05 Å². The summed E-state index contributed by atoms with van der Waals surface area (Å²) in [6.07, 6.45) is 0. The highest BCUT2D eigenvalue weighted by atomic mass is 79.9. The van der Waals surface area contributed by atoms with Crippen molar-refractivity contribution in [1.29, 1.82) is 0 Å². The Morgan fingerprint density at radius 2 is 2.20 bits per heavy atom. The molecular weight excluding hydrogens is 274 g/mol. The maximum atomic E-state index is 4.59. The Morgan fingerprint density at radius 1 is 1.47 bits per heavy atom. The molecule has 15 heavy (non-hydrogen) atoms. The summed E-state index contributed by atoms with van der Waals surface area (Å²) < 4.78 is 2.69. The monoisotopic (exact) mass is 285 g/mol. The molecule has 0 aliphatic rings. The summed E-state index contributed by atoms with van der Waals surface area (Å²) in [4.78, 5) is 4.59. The topological polar surface area (TPSA) is 30.7 Å². The number of aryl methyl sites for hydroxylation is 1. The second kappa shape index (κ2) is 4.06. The van der Waals surface area contributed by atoms with E-state index in [1.807, 2.05) is 17.8 Å². The van der Waals surface area contributed by atoms with Gasteiger partial charge in [0.05, 0.1) is 11.4 Å². The zero-order valence-corrected chi connectivity index (χ0v) is 11.3. The van der Waals surface area contributed by atoms with E-state index in [0.29, 0.717) is 5.92 Å². The lowest BCUT2D eigenvalue weighted by Gasteiger charge is -1.98. The number of hydrogen-bond acceptors (Lipinski definition) is 3. The highest BCUT2D eigenvalue weighted by Gasteiger charge is 2.11. The van der Waals surface area contributed by atoms with Crippen LogP contribution < -0.4 is 0 Å². The molecule has 0 aliphatic carbocycles. The van der Waals surface area contributed by atoms with Gasteiger partial charge >= 0.3 is 0 Å². The minimum Gasteiger partial charge on any atom is -0.264 e. The summed E-state index contributed by atoms with van der Waals surface area (Å²) in [5.74, 6) is 0.478. The summed E-state index contributed by atoms with van der Waals surface area (Å²) in [6, 6.07) is 1.99. The van der Waals surface area contributed by atoms with Crippen LogP contribution in [0.2, 0.25) is 0 Å². The van der Waals surface area contributed by atoms with Crippen LogP contribution in [0.4, 0.5) is 0 Å². The van der Waals surface area contributed by atoms with Gasteiger partial charge in [0, 0.05) is 18.5 Å². The van der Waals surface area contributed by atoms with E-state index in [1.165, 1.54) is 0 Å². The smallest absolute Gasteiger partial charge is 0.141 e. The first-order valence-corrected chi connectivity index (χ1v) is 6.40. The predicted molar refractivity (Wildman–Crippen MR) is 66.1 cm³/mol. The van der Waals surface area contributed by atoms with E-state index in [-0.39, 0.29) is 0 Å². The van der Waals surface area contributed by atoms with Crippen molar-refractivity contribution in [3.63, 3.8) is 0 Å². The molecule has 0 bridgehead atoms. The second-order valence-corrected chi connectivity index (χ2v) is 5.38. The van der Waals surface area contributed by atoms with Crippen molar-refractivity contribution in [1.82, 2.24) is 14.8 Å². The summed E-state index contributed by atoms with van der Waals surface area (Å²) in [7, 11) is 1.93. The van der Waals surface area contributed by atoms with Gasteiger partial charge in [-0.1, -0.05) is 13.8 Å². The van der Waals surface area contributed by atoms with Gasteiger partial charge in [-0.15, -0.1) is 11.3 Å². The molecule has 0 fully saturated rings. The number of halogens is 1. The van der Waals surface area contributed by atoms with Gasteiger partial charge in [0.2, 0.25) is 0 Å². The lowest BCUT2D eigenvalue weighted by Crippen LogP contribution is -1.93. The number of rotatable bonds is 2. The third-order valence-electron chi connectivity index (χ3n) is 2.18. The number of thiazole rings is 1. The fourth-order valence-electron chi connectivity index (χ4n) is 1.30. The van der Waals surface area contributed by atoms with Gasteiger partial charge in [0.15, 0.2) is 0 Å². The fourth-order valence-corrected chi connectivity index (χ4v) is 2.78. The van der Waals surface area contributed by atoms with Crippen molar-refractivity contribution in [3.8, 4) is 10.7 Å². The molecule has 0 spiro atoms. The molecule has 0 atom stereocenters. The van der Waals surface area contributed by atoms with E-state index in [9.17, 15) is 0 Å². The van der Waals surface area contributed by atoms with E-state index in [0.717, 1.165) is 21.0 Å². The van der Waals surface area contributed by atoms with Gasteiger partial charge in [-0.3, -0.25) is 4.68 Å². The van der Waals surface area contributed by atoms with E-state index >= 15 is 0 Å². The minimum absolute atomic E-state index is 0.478. The average molecular weight is 286 g/mol. The first-order valence-electron chi connectivity index (χ1n) is 4.73. The highest BCUT2D eigenvalue weighted by Crippen LogP contribution is 2.27. The zero-order chi connectivity index (χ0) is 11.0. The first-order chi connectivity index (χ1) is 7.08. The van der Waals surface area contributed by atoms with Gasteiger partial charge in [0.1, 0.15) is 9.61 Å². The third-order valence-corrected chi connectivity index (χ3v) is 3.45. The van der Waals surface area contributed by atoms with E-state index in [1.54, 1.807) is 11.3 Å². The largest absolute Gasteiger partial charge is 0.264 e. The van der Waals surface area contributed by atoms with Crippen LogP contribution in [0.1, 0.15) is 25.5 Å². The Balaban J connectivity index is 2.41. The number of nitrogens with zero attached hydrogens (tertiary/aromatic N) is 3. The van der Waals surface area contributed by atoms with Gasteiger partial charge in [0.25, 0.3) is 0 Å². The molecule has 0 unspecified atom stereocenters. The maximum Gasteiger partial charge on any atom is 0.141 e. The van der Waals surface area contributed by atoms with Gasteiger partial charge in [-0.25, -0.2) is 4.98 Å². The van der Waals surface area contributed by atoms with Crippen molar-refractivity contribution >= 4 is 27.3 Å². The molecule has 0 N–H and O–H groups in total. The van der Waals surface area contributed by atoms with Crippen LogP contribution in [-0.2, 0) is 7.05 Å². The summed E-state index contributed by atoms with van der Waals surface area (Å²) in [6.45, 7) is 4.30. The number of aromatic nitrogens is 3. The van der Waals surface area contributed by atoms with Gasteiger partial charge < -0.3 is 0 Å². The van der Waals surface area contributed by atoms with Crippen molar-refractivity contribution in [2.45, 2.75) is 19.8 Å². The molecule has 2 heterocycles. The Morgan fingerprint density at radius 3 is 2.67 bits per heavy atom. The molecule has 0 aromatic carbocycles. The molecule has 3 nitrogen and oxygen atoms in total. The number of hydrogen-bond donors (Lipinski definition) is 0. The first kappa shape index (κ1) is 10.8. The molecule has 0 aliphatic heterocycles. The SMILES string of the molecule is CC(C)c1csc(-c2cc(Br)nn2C)n1. The Kier molecular flexibility index (Phi) is 2.93. The Labute approximate surface area is 101 Å². The standard InChI is InChI=1S/C10H12BrN3S/c1-6(2)7-5-15-10(12-7)8-4-9(11)13-14(8)3/h4-6H,1-3H3. The minimum atomic E-state index is 0.478. The van der Waals surface area contributed by atoms with E-state index in [4.69, 9.17) is 0 Å². The Bertz CT molecular complexity index is 473. The van der Waals surface area contributed by atoms with E-state index < -0.39 is 0 Å². The summed E-state index contributed by atoms with van der Waals surface area (Å²) in [5.41, 5.74) is 2.20. The molecule has 0 saturated carbocycles. The molecule has 2 rings (SSSR count). The maximum absolute atomic E-state index is 4.59. The van der Waals surface area contributed by atoms with E-state index in [2.05, 4.69) is 45.2 Å². The molecule has 0 saturated heterocycles. The normalized spacial score (nSPS) is 11.3. The fraction of sp³-hybridized carbons (Fsp3) is 0.400. The quantitative estimate of drug-likeness (QED) is 0.846. The predicted octanol–water partition coefficient (Wildman–Crippen LogP) is 3.43. The lowest BCUT2D eigenvalue weighted by atomic mass is 10.2. The molecule has 0 radical (unpaired) electrons. The summed E-state index contributed by atoms with van der Waals surface area (Å²) in [5, 5.41) is 7.38. The molecule has 80 valence electrons. The van der Waals surface area contributed by atoms with Crippen LogP contribution in [0.5, 0.6) is 0 Å². The van der Waals surface area contributed by atoms with Crippen molar-refractivity contribution in [3.05, 3.63) is 21.7 Å². The van der Waals surface area contributed by atoms with Crippen LogP contribution in [0.3, 0.4) is 0 Å². The zero-order valence-electron chi connectivity index (χ0n) is 8.86. The van der Waals surface area contributed by atoms with Crippen LogP contribution in [-0.4, -0.2) is 14.8 Å². The van der Waals surface area contributed by atoms with Crippen LogP contribution in [0, 0.1) is 0 Å². The van der Waals surface area contributed by atoms with Gasteiger partial charge in [-0.2, -0.15) is 5.10 Å². The molecule has 5 heteroatoms. The average Bonchev–Trinajstić information content (AvgIpc) is 2.71. The van der Waals surface area contributed by atoms with Crippen LogP contribution in [0.25, 0.3) is 10.7 Å². The van der Waals surface area contributed by atoms with Crippen molar-refractivity contribution < 1.29 is 0 Å². The lowest BCUT2D eigenvalue weighted by molar-refractivity contribution is 0.765. The highest BCUT2D eigenvalue weighted by molar-refractivity contribution is 9.10. The molecule has 2 aromatic rings. The molecule has 2 aromatic heterocycles. The Hall–Kier alpha value is -0.680. The molecule has 0 amide bonds. The van der Waals surface area contributed by atoms with Gasteiger partial charge in [-0.05, 0) is 21.8 Å². The molecular formula is C10H12BrN3S. The second-order valence-electron chi connectivity index (χ2n) is 3.71. The third kappa shape index (κ3) is 2.13.